The number of benzene rings is 1. The lowest BCUT2D eigenvalue weighted by molar-refractivity contribution is 1.10. The van der Waals surface area contributed by atoms with E-state index in [9.17, 15) is 0 Å². The standard InChI is InChI=1S/C11H16BrClP/c1-4-5-14(12,13)11-7-9(2)6-10(3)8-11/h6-8H,4-5H2,1-3H3/q+1. The molecule has 0 N–H and O–H groups in total. The first-order chi connectivity index (χ1) is 6.45. The maximum atomic E-state index is 6.53. The van der Waals surface area contributed by atoms with Crippen molar-refractivity contribution in [3.63, 3.8) is 0 Å². The minimum absolute atomic E-state index is 1.05. The molecule has 0 fully saturated rings. The van der Waals surface area contributed by atoms with Crippen LogP contribution in [0, 0.1) is 13.8 Å². The molecule has 78 valence electrons. The maximum Gasteiger partial charge on any atom is 0.214 e. The zero-order valence-electron chi connectivity index (χ0n) is 8.85. The minimum atomic E-state index is -1.56. The average Bonchev–Trinajstić information content (AvgIpc) is 2.02. The molecule has 1 aromatic rings. The molecule has 0 aliphatic heterocycles. The highest BCUT2D eigenvalue weighted by molar-refractivity contribution is 9.45. The van der Waals surface area contributed by atoms with Crippen LogP contribution >= 0.6 is 32.0 Å². The third kappa shape index (κ3) is 3.22. The average molecular weight is 295 g/mol. The van der Waals surface area contributed by atoms with Gasteiger partial charge in [-0.15, -0.1) is 0 Å². The topological polar surface area (TPSA) is 0 Å². The highest BCUT2D eigenvalue weighted by Gasteiger charge is 2.35. The smallest absolute Gasteiger partial charge is 0.0618 e. The SMILES string of the molecule is CCC[P+](Cl)(Br)c1cc(C)cc(C)c1. The molecule has 0 aliphatic carbocycles. The maximum absolute atomic E-state index is 6.53. The van der Waals surface area contributed by atoms with Gasteiger partial charge in [-0.25, -0.2) is 0 Å². The minimum Gasteiger partial charge on any atom is -0.0618 e. The van der Waals surface area contributed by atoms with Crippen LogP contribution in [0.4, 0.5) is 0 Å². The summed E-state index contributed by atoms with van der Waals surface area (Å²) in [4.78, 5) is 0. The fourth-order valence-electron chi connectivity index (χ4n) is 1.55. The zero-order valence-corrected chi connectivity index (χ0v) is 12.1. The highest BCUT2D eigenvalue weighted by atomic mass is 79.9. The van der Waals surface area contributed by atoms with Crippen molar-refractivity contribution in [3.8, 4) is 0 Å². The molecule has 0 aliphatic rings. The second-order valence-corrected chi connectivity index (χ2v) is 12.5. The van der Waals surface area contributed by atoms with Gasteiger partial charge in [0.05, 0.1) is 6.16 Å². The fourth-order valence-corrected chi connectivity index (χ4v) is 5.63. The van der Waals surface area contributed by atoms with E-state index in [2.05, 4.69) is 54.5 Å². The number of halogens is 2. The molecule has 1 aromatic carbocycles. The summed E-state index contributed by atoms with van der Waals surface area (Å²) in [6, 6.07) is 6.57. The van der Waals surface area contributed by atoms with Crippen molar-refractivity contribution >= 4 is 37.4 Å². The van der Waals surface area contributed by atoms with Gasteiger partial charge in [-0.05, 0) is 43.5 Å². The van der Waals surface area contributed by atoms with E-state index in [-0.39, 0.29) is 0 Å². The van der Waals surface area contributed by atoms with E-state index in [0.29, 0.717) is 0 Å². The normalized spacial score (nSPS) is 15.2. The van der Waals surface area contributed by atoms with E-state index in [1.54, 1.807) is 0 Å². The summed E-state index contributed by atoms with van der Waals surface area (Å²) in [6.45, 7) is 6.40. The molecule has 0 bridgehead atoms. The number of aryl methyl sites for hydroxylation is 2. The first-order valence-electron chi connectivity index (χ1n) is 4.82. The molecule has 0 radical (unpaired) electrons. The van der Waals surface area contributed by atoms with E-state index < -0.39 is 5.32 Å². The molecule has 1 atom stereocenters. The molecule has 0 aromatic heterocycles. The summed E-state index contributed by atoms with van der Waals surface area (Å²) in [7, 11) is 0. The van der Waals surface area contributed by atoms with Gasteiger partial charge < -0.3 is 0 Å². The van der Waals surface area contributed by atoms with Gasteiger partial charge in [0.2, 0.25) is 5.32 Å². The lowest BCUT2D eigenvalue weighted by Crippen LogP contribution is -2.06. The number of hydrogen-bond donors (Lipinski definition) is 0. The van der Waals surface area contributed by atoms with Crippen molar-refractivity contribution in [1.29, 1.82) is 0 Å². The van der Waals surface area contributed by atoms with Crippen LogP contribution in [-0.4, -0.2) is 6.16 Å². The fraction of sp³-hybridized carbons (Fsp3) is 0.455. The Kier molecular flexibility index (Phi) is 4.43. The largest absolute Gasteiger partial charge is 0.214 e. The Morgan fingerprint density at radius 3 is 2.14 bits per heavy atom. The molecular formula is C11H16BrClP+. The van der Waals surface area contributed by atoms with Crippen LogP contribution in [0.3, 0.4) is 0 Å². The first-order valence-corrected chi connectivity index (χ1v) is 9.71. The molecule has 3 heteroatoms. The predicted octanol–water partition coefficient (Wildman–Crippen LogP) is 4.82. The van der Waals surface area contributed by atoms with Crippen molar-refractivity contribution in [2.45, 2.75) is 27.2 Å². The molecule has 0 nitrogen and oxygen atoms in total. The molecule has 0 saturated heterocycles. The van der Waals surface area contributed by atoms with Gasteiger partial charge in [-0.2, -0.15) is 0 Å². The summed E-state index contributed by atoms with van der Waals surface area (Å²) in [5.74, 6) is 0. The van der Waals surface area contributed by atoms with Gasteiger partial charge >= 0.3 is 0 Å². The highest BCUT2D eigenvalue weighted by Crippen LogP contribution is 2.70. The predicted molar refractivity (Wildman–Crippen MR) is 72.4 cm³/mol. The van der Waals surface area contributed by atoms with Crippen LogP contribution in [-0.2, 0) is 0 Å². The van der Waals surface area contributed by atoms with Crippen molar-refractivity contribution < 1.29 is 0 Å². The molecule has 1 rings (SSSR count). The van der Waals surface area contributed by atoms with E-state index in [1.165, 1.54) is 16.4 Å². The Bertz CT molecular complexity index is 303. The quantitative estimate of drug-likeness (QED) is 0.701. The molecule has 0 heterocycles. The molecular weight excluding hydrogens is 278 g/mol. The molecule has 1 unspecified atom stereocenters. The third-order valence-electron chi connectivity index (χ3n) is 2.09. The Morgan fingerprint density at radius 1 is 1.21 bits per heavy atom. The van der Waals surface area contributed by atoms with E-state index >= 15 is 0 Å². The van der Waals surface area contributed by atoms with E-state index in [0.717, 1.165) is 12.6 Å². The summed E-state index contributed by atoms with van der Waals surface area (Å²) in [6.07, 6.45) is 2.17. The molecule has 0 spiro atoms. The first kappa shape index (κ1) is 12.5. The van der Waals surface area contributed by atoms with Crippen molar-refractivity contribution in [2.75, 3.05) is 6.16 Å². The van der Waals surface area contributed by atoms with E-state index in [4.69, 9.17) is 11.2 Å². The second kappa shape index (κ2) is 4.96. The van der Waals surface area contributed by atoms with Crippen LogP contribution in [0.1, 0.15) is 24.5 Å². The third-order valence-corrected chi connectivity index (χ3v) is 7.50. The Morgan fingerprint density at radius 2 is 1.71 bits per heavy atom. The van der Waals surface area contributed by atoms with Crippen molar-refractivity contribution in [3.05, 3.63) is 29.3 Å². The van der Waals surface area contributed by atoms with Crippen LogP contribution in [0.2, 0.25) is 0 Å². The van der Waals surface area contributed by atoms with Gasteiger partial charge in [0, 0.05) is 0 Å². The lowest BCUT2D eigenvalue weighted by Gasteiger charge is -2.11. The monoisotopic (exact) mass is 293 g/mol. The zero-order chi connectivity index (χ0) is 10.8. The number of rotatable bonds is 3. The lowest BCUT2D eigenvalue weighted by atomic mass is 10.2. The summed E-state index contributed by atoms with van der Waals surface area (Å²) >= 11 is 10.2. The van der Waals surface area contributed by atoms with Gasteiger partial charge in [0.1, 0.15) is 16.5 Å². The van der Waals surface area contributed by atoms with Crippen molar-refractivity contribution in [1.82, 2.24) is 0 Å². The van der Waals surface area contributed by atoms with E-state index in [1.807, 2.05) is 0 Å². The Balaban J connectivity index is 3.05. The molecule has 0 saturated carbocycles. The van der Waals surface area contributed by atoms with Crippen LogP contribution < -0.4 is 5.30 Å². The van der Waals surface area contributed by atoms with Crippen molar-refractivity contribution in [2.24, 2.45) is 0 Å². The van der Waals surface area contributed by atoms with Gasteiger partial charge in [0.25, 0.3) is 0 Å². The second-order valence-electron chi connectivity index (χ2n) is 3.70. The van der Waals surface area contributed by atoms with Crippen LogP contribution in [0.25, 0.3) is 0 Å². The number of hydrogen-bond acceptors (Lipinski definition) is 0. The van der Waals surface area contributed by atoms with Gasteiger partial charge in [0.15, 0.2) is 15.5 Å². The summed E-state index contributed by atoms with van der Waals surface area (Å²) < 4.78 is 0. The Labute approximate surface area is 99.9 Å². The molecule has 14 heavy (non-hydrogen) atoms. The molecule has 0 amide bonds. The Hall–Kier alpha value is 0.420. The summed E-state index contributed by atoms with van der Waals surface area (Å²) in [5.41, 5.74) is 2.58. The van der Waals surface area contributed by atoms with Gasteiger partial charge in [-0.1, -0.05) is 13.0 Å². The van der Waals surface area contributed by atoms with Gasteiger partial charge in [-0.3, -0.25) is 0 Å². The summed E-state index contributed by atoms with van der Waals surface area (Å²) in [5, 5.41) is -0.288. The van der Waals surface area contributed by atoms with Crippen LogP contribution in [0.15, 0.2) is 18.2 Å². The van der Waals surface area contributed by atoms with Crippen LogP contribution in [0.5, 0.6) is 0 Å².